The van der Waals surface area contributed by atoms with E-state index in [1.807, 2.05) is 54.9 Å². The molecule has 2 heterocycles. The van der Waals surface area contributed by atoms with E-state index in [1.165, 1.54) is 0 Å². The molecule has 2 aromatic heterocycles. The summed E-state index contributed by atoms with van der Waals surface area (Å²) in [5.41, 5.74) is 4.70. The quantitative estimate of drug-likeness (QED) is 0.238. The summed E-state index contributed by atoms with van der Waals surface area (Å²) in [7, 11) is 1.64. The van der Waals surface area contributed by atoms with Crippen LogP contribution >= 0.6 is 0 Å². The van der Waals surface area contributed by atoms with Gasteiger partial charge >= 0.3 is 0 Å². The summed E-state index contributed by atoms with van der Waals surface area (Å²) < 4.78 is 7.48. The van der Waals surface area contributed by atoms with E-state index < -0.39 is 0 Å². The lowest BCUT2D eigenvalue weighted by Gasteiger charge is -2.11. The monoisotopic (exact) mass is 506 g/mol. The van der Waals surface area contributed by atoms with E-state index in [-0.39, 0.29) is 17.5 Å². The molecule has 5 rings (SSSR count). The number of ether oxygens (including phenoxy) is 1. The van der Waals surface area contributed by atoms with Gasteiger partial charge < -0.3 is 24.9 Å². The van der Waals surface area contributed by atoms with Crippen LogP contribution in [0.5, 0.6) is 5.75 Å². The van der Waals surface area contributed by atoms with Crippen molar-refractivity contribution in [2.24, 2.45) is 0 Å². The van der Waals surface area contributed by atoms with E-state index in [9.17, 15) is 9.59 Å². The minimum atomic E-state index is -0.347. The number of H-pyrrole nitrogens is 1. The summed E-state index contributed by atoms with van der Waals surface area (Å²) in [6.07, 6.45) is 6.32. The largest absolute Gasteiger partial charge is 0.497 e. The Kier molecular flexibility index (Phi) is 7.26. The Balaban J connectivity index is 1.39. The number of rotatable bonds is 9. The van der Waals surface area contributed by atoms with Crippen molar-refractivity contribution in [3.63, 3.8) is 0 Å². The topological polar surface area (TPSA) is 88.2 Å². The normalized spacial score (nSPS) is 11.6. The highest BCUT2D eigenvalue weighted by molar-refractivity contribution is 6.06. The van der Waals surface area contributed by atoms with Crippen LogP contribution < -0.4 is 15.4 Å². The molecular weight excluding hydrogens is 476 g/mol. The number of hydrogen-bond acceptors (Lipinski definition) is 3. The molecule has 0 bridgehead atoms. The highest BCUT2D eigenvalue weighted by atomic mass is 16.5. The Hall–Kier alpha value is -4.78. The molecule has 0 radical (unpaired) electrons. The number of carbonyl (C=O) groups excluding carboxylic acids is 2. The Morgan fingerprint density at radius 2 is 1.79 bits per heavy atom. The Labute approximate surface area is 221 Å². The van der Waals surface area contributed by atoms with Crippen LogP contribution in [0.25, 0.3) is 27.9 Å². The number of hydrogen-bond donors (Lipinski definition) is 3. The number of fused-ring (bicyclic) bond motifs is 2. The van der Waals surface area contributed by atoms with E-state index in [2.05, 4.69) is 33.2 Å². The number of nitrogens with one attached hydrogen (secondary N) is 3. The van der Waals surface area contributed by atoms with Crippen LogP contribution in [-0.2, 0) is 17.8 Å². The number of methoxy groups -OCH3 is 1. The molecule has 38 heavy (non-hydrogen) atoms. The second-order valence-corrected chi connectivity index (χ2v) is 9.00. The molecule has 0 atom stereocenters. The molecule has 192 valence electrons. The van der Waals surface area contributed by atoms with Gasteiger partial charge in [-0.15, -0.1) is 0 Å². The van der Waals surface area contributed by atoms with Crippen molar-refractivity contribution in [2.45, 2.75) is 19.9 Å². The van der Waals surface area contributed by atoms with E-state index in [0.717, 1.165) is 45.2 Å². The molecule has 0 spiro atoms. The number of nitrogens with zero attached hydrogens (tertiary/aromatic N) is 1. The number of para-hydroxylation sites is 1. The summed E-state index contributed by atoms with van der Waals surface area (Å²) in [5.74, 6) is 0.0949. The first-order chi connectivity index (χ1) is 18.6. The molecule has 0 aliphatic carbocycles. The molecular formula is C31H30N4O3. The third kappa shape index (κ3) is 5.18. The maximum Gasteiger partial charge on any atom is 0.267 e. The van der Waals surface area contributed by atoms with Gasteiger partial charge in [0, 0.05) is 58.4 Å². The number of aromatic nitrogens is 2. The number of aryl methyl sites for hydroxylation is 1. The Morgan fingerprint density at radius 1 is 1.00 bits per heavy atom. The van der Waals surface area contributed by atoms with E-state index in [4.69, 9.17) is 4.74 Å². The zero-order chi connectivity index (χ0) is 26.5. The molecule has 0 aliphatic rings. The van der Waals surface area contributed by atoms with Crippen LogP contribution in [0.4, 0.5) is 0 Å². The molecule has 7 nitrogen and oxygen atoms in total. The van der Waals surface area contributed by atoms with Gasteiger partial charge in [-0.1, -0.05) is 36.4 Å². The maximum absolute atomic E-state index is 13.4. The molecule has 7 heteroatoms. The third-order valence-corrected chi connectivity index (χ3v) is 6.64. The summed E-state index contributed by atoms with van der Waals surface area (Å²) >= 11 is 0. The van der Waals surface area contributed by atoms with Gasteiger partial charge in [0.25, 0.3) is 11.8 Å². The minimum Gasteiger partial charge on any atom is -0.497 e. The molecule has 0 fully saturated rings. The van der Waals surface area contributed by atoms with Crippen LogP contribution in [-0.4, -0.2) is 35.0 Å². The SMILES string of the molecule is CCn1cc(/C=C(\NC(=O)c2ccccc2)C(=O)NCCc2c[nH]c3ccc(OC)cc23)c2ccccc21. The van der Waals surface area contributed by atoms with Crippen molar-refractivity contribution in [1.82, 2.24) is 20.2 Å². The molecule has 0 saturated heterocycles. The van der Waals surface area contributed by atoms with E-state index in [1.54, 1.807) is 37.5 Å². The van der Waals surface area contributed by atoms with Crippen molar-refractivity contribution >= 4 is 39.7 Å². The maximum atomic E-state index is 13.4. The first-order valence-corrected chi connectivity index (χ1v) is 12.7. The van der Waals surface area contributed by atoms with Crippen LogP contribution in [0.15, 0.2) is 90.9 Å². The number of aromatic amines is 1. The van der Waals surface area contributed by atoms with Crippen molar-refractivity contribution in [3.05, 3.63) is 108 Å². The second-order valence-electron chi connectivity index (χ2n) is 9.00. The zero-order valence-electron chi connectivity index (χ0n) is 21.5. The predicted octanol–water partition coefficient (Wildman–Crippen LogP) is 5.28. The van der Waals surface area contributed by atoms with Crippen LogP contribution in [0.3, 0.4) is 0 Å². The van der Waals surface area contributed by atoms with Crippen molar-refractivity contribution in [3.8, 4) is 5.75 Å². The Bertz CT molecular complexity index is 1630. The van der Waals surface area contributed by atoms with Gasteiger partial charge in [0.05, 0.1) is 7.11 Å². The van der Waals surface area contributed by atoms with Gasteiger partial charge in [0.2, 0.25) is 0 Å². The number of benzene rings is 3. The molecule has 0 saturated carbocycles. The van der Waals surface area contributed by atoms with Gasteiger partial charge in [0.15, 0.2) is 0 Å². The fourth-order valence-electron chi connectivity index (χ4n) is 4.65. The van der Waals surface area contributed by atoms with Crippen LogP contribution in [0.2, 0.25) is 0 Å². The standard InChI is InChI=1S/C31H30N4O3/c1-3-35-20-23(25-11-7-8-12-29(25)35)17-28(34-30(36)21-9-5-4-6-10-21)31(37)32-16-15-22-19-33-27-14-13-24(38-2)18-26(22)27/h4-14,17-20,33H,3,15-16H2,1-2H3,(H,32,37)(H,34,36)/b28-17-. The molecule has 2 amide bonds. The first-order valence-electron chi connectivity index (χ1n) is 12.7. The summed E-state index contributed by atoms with van der Waals surface area (Å²) in [4.78, 5) is 29.6. The van der Waals surface area contributed by atoms with Gasteiger partial charge in [-0.3, -0.25) is 9.59 Å². The smallest absolute Gasteiger partial charge is 0.267 e. The molecule has 0 aliphatic heterocycles. The Morgan fingerprint density at radius 3 is 2.58 bits per heavy atom. The molecule has 3 N–H and O–H groups in total. The highest BCUT2D eigenvalue weighted by Crippen LogP contribution is 2.25. The predicted molar refractivity (Wildman–Crippen MR) is 151 cm³/mol. The fraction of sp³-hybridized carbons (Fsp3) is 0.161. The summed E-state index contributed by atoms with van der Waals surface area (Å²) in [6.45, 7) is 3.27. The molecule has 5 aromatic rings. The van der Waals surface area contributed by atoms with Crippen LogP contribution in [0.1, 0.15) is 28.4 Å². The van der Waals surface area contributed by atoms with Crippen molar-refractivity contribution < 1.29 is 14.3 Å². The molecule has 0 unspecified atom stereocenters. The summed E-state index contributed by atoms with van der Waals surface area (Å²) in [5, 5.41) is 7.90. The van der Waals surface area contributed by atoms with Crippen LogP contribution in [0, 0.1) is 0 Å². The number of carbonyl (C=O) groups is 2. The average Bonchev–Trinajstić information content (AvgIpc) is 3.53. The number of amides is 2. The van der Waals surface area contributed by atoms with Gasteiger partial charge in [-0.05, 0) is 61.4 Å². The van der Waals surface area contributed by atoms with Gasteiger partial charge in [-0.25, -0.2) is 0 Å². The second kappa shape index (κ2) is 11.1. The fourth-order valence-corrected chi connectivity index (χ4v) is 4.65. The van der Waals surface area contributed by atoms with Gasteiger partial charge in [-0.2, -0.15) is 0 Å². The molecule has 3 aromatic carbocycles. The third-order valence-electron chi connectivity index (χ3n) is 6.64. The van der Waals surface area contributed by atoms with Crippen molar-refractivity contribution in [1.29, 1.82) is 0 Å². The van der Waals surface area contributed by atoms with E-state index >= 15 is 0 Å². The van der Waals surface area contributed by atoms with E-state index in [0.29, 0.717) is 18.5 Å². The van der Waals surface area contributed by atoms with Gasteiger partial charge in [0.1, 0.15) is 11.4 Å². The average molecular weight is 507 g/mol. The summed E-state index contributed by atoms with van der Waals surface area (Å²) in [6, 6.07) is 22.8. The zero-order valence-corrected chi connectivity index (χ0v) is 21.5. The minimum absolute atomic E-state index is 0.193. The highest BCUT2D eigenvalue weighted by Gasteiger charge is 2.16. The lowest BCUT2D eigenvalue weighted by atomic mass is 10.1. The first kappa shape index (κ1) is 24.9. The lowest BCUT2D eigenvalue weighted by molar-refractivity contribution is -0.117. The lowest BCUT2D eigenvalue weighted by Crippen LogP contribution is -2.35. The van der Waals surface area contributed by atoms with Crippen molar-refractivity contribution in [2.75, 3.05) is 13.7 Å².